The Morgan fingerprint density at radius 3 is 2.35 bits per heavy atom. The van der Waals surface area contributed by atoms with E-state index >= 15 is 0 Å². The predicted octanol–water partition coefficient (Wildman–Crippen LogP) is 5.59. The zero-order valence-electron chi connectivity index (χ0n) is 19.9. The van der Waals surface area contributed by atoms with Crippen molar-refractivity contribution in [1.29, 1.82) is 0 Å². The van der Waals surface area contributed by atoms with Crippen molar-refractivity contribution < 1.29 is 4.79 Å². The number of carbonyl (C=O) groups excluding carboxylic acids is 1. The maximum atomic E-state index is 13.7. The second kappa shape index (κ2) is 7.61. The van der Waals surface area contributed by atoms with Gasteiger partial charge < -0.3 is 10.6 Å². The van der Waals surface area contributed by atoms with Gasteiger partial charge in [0.05, 0.1) is 0 Å². The molecule has 2 bridgehead atoms. The van der Waals surface area contributed by atoms with E-state index in [9.17, 15) is 4.79 Å². The average Bonchev–Trinajstić information content (AvgIpc) is 2.73. The van der Waals surface area contributed by atoms with Crippen LogP contribution in [0.2, 0.25) is 0 Å². The van der Waals surface area contributed by atoms with Crippen LogP contribution in [-0.4, -0.2) is 25.0 Å². The van der Waals surface area contributed by atoms with Crippen molar-refractivity contribution in [2.24, 2.45) is 22.2 Å². The monoisotopic (exact) mass is 422 g/mol. The number of rotatable bonds is 4. The van der Waals surface area contributed by atoms with Crippen LogP contribution in [0, 0.1) is 22.2 Å². The maximum absolute atomic E-state index is 13.7. The molecule has 1 heterocycles. The molecule has 4 aliphatic rings. The van der Waals surface area contributed by atoms with Crippen molar-refractivity contribution in [2.75, 3.05) is 13.1 Å². The Balaban J connectivity index is 1.35. The van der Waals surface area contributed by atoms with Crippen LogP contribution in [0.25, 0.3) is 0 Å². The molecule has 3 saturated carbocycles. The molecule has 4 fully saturated rings. The van der Waals surface area contributed by atoms with Crippen molar-refractivity contribution in [2.45, 2.75) is 96.4 Å². The minimum atomic E-state index is -0.249. The summed E-state index contributed by atoms with van der Waals surface area (Å²) in [5.41, 5.74) is 2.31. The quantitative estimate of drug-likeness (QED) is 0.664. The predicted molar refractivity (Wildman–Crippen MR) is 127 cm³/mol. The van der Waals surface area contributed by atoms with Crippen LogP contribution in [0.5, 0.6) is 0 Å². The summed E-state index contributed by atoms with van der Waals surface area (Å²) in [5, 5.41) is 7.00. The molecular weight excluding hydrogens is 380 g/mol. The van der Waals surface area contributed by atoms with Crippen LogP contribution in [0.15, 0.2) is 30.3 Å². The summed E-state index contributed by atoms with van der Waals surface area (Å²) in [6.07, 6.45) is 11.9. The highest BCUT2D eigenvalue weighted by atomic mass is 16.2. The minimum absolute atomic E-state index is 0.146. The van der Waals surface area contributed by atoms with Gasteiger partial charge in [0.1, 0.15) is 0 Å². The first kappa shape index (κ1) is 21.5. The van der Waals surface area contributed by atoms with Crippen LogP contribution in [0.1, 0.15) is 90.5 Å². The first-order valence-corrected chi connectivity index (χ1v) is 12.9. The number of nitrogens with one attached hydrogen (secondary N) is 2. The van der Waals surface area contributed by atoms with Gasteiger partial charge in [0.2, 0.25) is 5.91 Å². The Kier molecular flexibility index (Phi) is 5.28. The van der Waals surface area contributed by atoms with E-state index in [-0.39, 0.29) is 10.8 Å². The molecular formula is C28H42N2O. The molecule has 1 aromatic rings. The molecule has 1 spiro atoms. The second-order valence-electron chi connectivity index (χ2n) is 12.6. The number of benzene rings is 1. The summed E-state index contributed by atoms with van der Waals surface area (Å²) in [5.74, 6) is 0.990. The second-order valence-corrected chi connectivity index (χ2v) is 12.6. The fourth-order valence-electron chi connectivity index (χ4n) is 8.14. The van der Waals surface area contributed by atoms with E-state index in [0.717, 1.165) is 25.7 Å². The molecule has 0 radical (unpaired) electrons. The first-order chi connectivity index (χ1) is 14.8. The summed E-state index contributed by atoms with van der Waals surface area (Å²) >= 11 is 0. The van der Waals surface area contributed by atoms with Crippen molar-refractivity contribution in [3.8, 4) is 0 Å². The zero-order valence-corrected chi connectivity index (χ0v) is 19.9. The zero-order chi connectivity index (χ0) is 21.7. The Morgan fingerprint density at radius 1 is 1.03 bits per heavy atom. The lowest BCUT2D eigenvalue weighted by molar-refractivity contribution is -0.139. The van der Waals surface area contributed by atoms with Gasteiger partial charge in [0, 0.05) is 24.5 Å². The van der Waals surface area contributed by atoms with Crippen molar-refractivity contribution >= 4 is 5.91 Å². The normalized spacial score (nSPS) is 39.6. The number of fused-ring (bicyclic) bond motifs is 2. The van der Waals surface area contributed by atoms with Crippen molar-refractivity contribution in [1.82, 2.24) is 10.6 Å². The fourth-order valence-corrected chi connectivity index (χ4v) is 8.14. The molecule has 1 aliphatic heterocycles. The number of hydrogen-bond acceptors (Lipinski definition) is 2. The number of hydrogen-bond donors (Lipinski definition) is 2. The van der Waals surface area contributed by atoms with Gasteiger partial charge in [-0.1, -0.05) is 57.5 Å². The highest BCUT2D eigenvalue weighted by molar-refractivity contribution is 5.83. The molecule has 170 valence electrons. The van der Waals surface area contributed by atoms with Gasteiger partial charge >= 0.3 is 0 Å². The molecule has 2 N–H and O–H groups in total. The minimum Gasteiger partial charge on any atom is -0.353 e. The smallest absolute Gasteiger partial charge is 0.226 e. The third-order valence-corrected chi connectivity index (χ3v) is 9.86. The van der Waals surface area contributed by atoms with Gasteiger partial charge in [0.25, 0.3) is 0 Å². The van der Waals surface area contributed by atoms with Crippen LogP contribution in [0.4, 0.5) is 0 Å². The largest absolute Gasteiger partial charge is 0.353 e. The summed E-state index contributed by atoms with van der Waals surface area (Å²) in [6, 6.07) is 11.5. The Bertz CT molecular complexity index is 808. The lowest BCUT2D eigenvalue weighted by Gasteiger charge is -2.58. The molecule has 3 aliphatic carbocycles. The lowest BCUT2D eigenvalue weighted by atomic mass is 9.47. The summed E-state index contributed by atoms with van der Waals surface area (Å²) in [4.78, 5) is 13.7. The Hall–Kier alpha value is -1.35. The average molecular weight is 423 g/mol. The molecule has 31 heavy (non-hydrogen) atoms. The molecule has 0 aromatic heterocycles. The van der Waals surface area contributed by atoms with Crippen molar-refractivity contribution in [3.05, 3.63) is 35.9 Å². The highest BCUT2D eigenvalue weighted by Crippen LogP contribution is 2.62. The molecule has 1 aromatic carbocycles. The maximum Gasteiger partial charge on any atom is 0.226 e. The van der Waals surface area contributed by atoms with Gasteiger partial charge in [-0.05, 0) is 85.5 Å². The topological polar surface area (TPSA) is 41.1 Å². The fraction of sp³-hybridized carbons (Fsp3) is 0.750. The van der Waals surface area contributed by atoms with Crippen LogP contribution < -0.4 is 10.6 Å². The molecule has 3 heteroatoms. The van der Waals surface area contributed by atoms with Gasteiger partial charge in [-0.15, -0.1) is 0 Å². The van der Waals surface area contributed by atoms with E-state index in [2.05, 4.69) is 61.7 Å². The lowest BCUT2D eigenvalue weighted by Crippen LogP contribution is -2.58. The first-order valence-electron chi connectivity index (χ1n) is 12.9. The molecule has 1 amide bonds. The third-order valence-electron chi connectivity index (χ3n) is 9.86. The van der Waals surface area contributed by atoms with Gasteiger partial charge in [-0.3, -0.25) is 4.79 Å². The van der Waals surface area contributed by atoms with E-state index in [4.69, 9.17) is 0 Å². The SMILES string of the molecule is CCC1(C)CC2CC(C)(C(=O)NC3CCC4(CC3)CNC4)CC(c3ccccc3)(C2)C1. The summed E-state index contributed by atoms with van der Waals surface area (Å²) in [7, 11) is 0. The third kappa shape index (κ3) is 3.86. The van der Waals surface area contributed by atoms with Gasteiger partial charge in [-0.25, -0.2) is 0 Å². The van der Waals surface area contributed by atoms with E-state index in [1.54, 1.807) is 0 Å². The number of carbonyl (C=O) groups is 1. The van der Waals surface area contributed by atoms with Crippen molar-refractivity contribution in [3.63, 3.8) is 0 Å². The Labute approximate surface area is 189 Å². The standard InChI is InChI=1S/C28H42N2O/c1-4-25(2)14-21-15-26(3,18-28(16-21,17-25)22-8-6-5-7-9-22)24(31)30-23-10-12-27(13-11-23)19-29-20-27/h5-9,21,23,29H,4,10-20H2,1-3H3,(H,30,31). The van der Waals surface area contributed by atoms with E-state index < -0.39 is 0 Å². The van der Waals surface area contributed by atoms with Crippen LogP contribution >= 0.6 is 0 Å². The molecule has 1 saturated heterocycles. The number of amides is 1. The molecule has 4 atom stereocenters. The Morgan fingerprint density at radius 2 is 1.74 bits per heavy atom. The van der Waals surface area contributed by atoms with Crippen LogP contribution in [-0.2, 0) is 10.2 Å². The van der Waals surface area contributed by atoms with E-state index in [0.29, 0.717) is 28.7 Å². The van der Waals surface area contributed by atoms with E-state index in [1.807, 2.05) is 0 Å². The van der Waals surface area contributed by atoms with Gasteiger partial charge in [-0.2, -0.15) is 0 Å². The van der Waals surface area contributed by atoms with E-state index in [1.165, 1.54) is 57.2 Å². The summed E-state index contributed by atoms with van der Waals surface area (Å²) < 4.78 is 0. The van der Waals surface area contributed by atoms with Crippen LogP contribution in [0.3, 0.4) is 0 Å². The summed E-state index contributed by atoms with van der Waals surface area (Å²) in [6.45, 7) is 9.50. The molecule has 4 unspecified atom stereocenters. The van der Waals surface area contributed by atoms with Gasteiger partial charge in [0.15, 0.2) is 0 Å². The molecule has 3 nitrogen and oxygen atoms in total. The highest BCUT2D eigenvalue weighted by Gasteiger charge is 2.56. The molecule has 5 rings (SSSR count).